The second-order valence-electron chi connectivity index (χ2n) is 6.26. The molecule has 2 aromatic rings. The average Bonchev–Trinajstić information content (AvgIpc) is 3.32. The number of nitrogens with zero attached hydrogens (tertiary/aromatic N) is 2. The first-order chi connectivity index (χ1) is 14.6. The summed E-state index contributed by atoms with van der Waals surface area (Å²) in [6.07, 6.45) is 3.15. The maximum atomic E-state index is 12.6. The third-order valence-electron chi connectivity index (χ3n) is 4.40. The fourth-order valence-corrected chi connectivity index (χ4v) is 3.81. The van der Waals surface area contributed by atoms with Crippen molar-refractivity contribution in [3.63, 3.8) is 0 Å². The van der Waals surface area contributed by atoms with Gasteiger partial charge in [0, 0.05) is 19.3 Å². The molecule has 1 aromatic heterocycles. The Labute approximate surface area is 176 Å². The van der Waals surface area contributed by atoms with E-state index in [4.69, 9.17) is 14.2 Å². The number of carbonyl (C=O) groups excluding carboxylic acids is 3. The molecule has 1 saturated heterocycles. The van der Waals surface area contributed by atoms with Crippen LogP contribution in [-0.4, -0.2) is 53.9 Å². The molecule has 0 atom stereocenters. The standard InChI is InChI=1S/C20H17N3O6S/c1-27-18-13(3-2-6-22-18)17(24)21-7-8-23-19(25)16(30-20(23)26)10-12-4-5-14-15(9-12)29-11-28-14/h2-6,9-10H,7-8,11H2,1H3,(H,21,24)/b16-10-. The number of rotatable bonds is 6. The number of carbonyl (C=O) groups is 3. The van der Waals surface area contributed by atoms with Crippen LogP contribution >= 0.6 is 11.8 Å². The van der Waals surface area contributed by atoms with Crippen LogP contribution in [0.2, 0.25) is 0 Å². The lowest BCUT2D eigenvalue weighted by atomic mass is 10.2. The summed E-state index contributed by atoms with van der Waals surface area (Å²) in [6.45, 7) is 0.315. The predicted octanol–water partition coefficient (Wildman–Crippen LogP) is 2.29. The highest BCUT2D eigenvalue weighted by atomic mass is 32.2. The van der Waals surface area contributed by atoms with Crippen LogP contribution in [0.15, 0.2) is 41.4 Å². The molecule has 1 N–H and O–H groups in total. The molecule has 1 aromatic carbocycles. The van der Waals surface area contributed by atoms with Crippen LogP contribution < -0.4 is 19.5 Å². The maximum absolute atomic E-state index is 12.6. The van der Waals surface area contributed by atoms with Gasteiger partial charge in [-0.2, -0.15) is 0 Å². The van der Waals surface area contributed by atoms with E-state index in [2.05, 4.69) is 10.3 Å². The van der Waals surface area contributed by atoms with Crippen molar-refractivity contribution >= 4 is 34.9 Å². The van der Waals surface area contributed by atoms with Crippen molar-refractivity contribution in [1.82, 2.24) is 15.2 Å². The van der Waals surface area contributed by atoms with Crippen LogP contribution in [0.1, 0.15) is 15.9 Å². The molecule has 2 aliphatic rings. The molecular formula is C20H17N3O6S. The number of methoxy groups -OCH3 is 1. The van der Waals surface area contributed by atoms with Crippen molar-refractivity contribution in [2.75, 3.05) is 27.0 Å². The maximum Gasteiger partial charge on any atom is 0.293 e. The van der Waals surface area contributed by atoms with E-state index in [-0.39, 0.29) is 36.6 Å². The largest absolute Gasteiger partial charge is 0.480 e. The number of imide groups is 1. The fourth-order valence-electron chi connectivity index (χ4n) is 2.95. The molecule has 0 bridgehead atoms. The summed E-state index contributed by atoms with van der Waals surface area (Å²) in [5, 5.41) is 2.28. The van der Waals surface area contributed by atoms with Crippen molar-refractivity contribution < 1.29 is 28.6 Å². The number of ether oxygens (including phenoxy) is 3. The van der Waals surface area contributed by atoms with E-state index < -0.39 is 11.8 Å². The highest BCUT2D eigenvalue weighted by Crippen LogP contribution is 2.36. The van der Waals surface area contributed by atoms with E-state index in [1.807, 2.05) is 0 Å². The summed E-state index contributed by atoms with van der Waals surface area (Å²) >= 11 is 0.855. The molecule has 3 heterocycles. The Kier molecular flexibility index (Phi) is 5.57. The SMILES string of the molecule is COc1ncccc1C(=O)NCCN1C(=O)S/C(=C\c2ccc3c(c2)OCO3)C1=O. The first-order valence-electron chi connectivity index (χ1n) is 8.99. The first kappa shape index (κ1) is 19.8. The molecule has 4 rings (SSSR count). The summed E-state index contributed by atoms with van der Waals surface area (Å²) < 4.78 is 15.7. The first-order valence-corrected chi connectivity index (χ1v) is 9.80. The zero-order valence-electron chi connectivity index (χ0n) is 15.9. The molecule has 1 fully saturated rings. The van der Waals surface area contributed by atoms with Crippen molar-refractivity contribution in [3.8, 4) is 17.4 Å². The molecule has 0 aliphatic carbocycles. The molecule has 0 saturated carbocycles. The van der Waals surface area contributed by atoms with E-state index in [1.54, 1.807) is 36.4 Å². The second kappa shape index (κ2) is 8.46. The van der Waals surface area contributed by atoms with Crippen LogP contribution in [0.3, 0.4) is 0 Å². The Hall–Kier alpha value is -3.53. The van der Waals surface area contributed by atoms with Gasteiger partial charge in [0.1, 0.15) is 5.56 Å². The minimum Gasteiger partial charge on any atom is -0.480 e. The Balaban J connectivity index is 1.38. The molecule has 9 nitrogen and oxygen atoms in total. The number of benzene rings is 1. The second-order valence-corrected chi connectivity index (χ2v) is 7.26. The van der Waals surface area contributed by atoms with Gasteiger partial charge in [0.2, 0.25) is 12.7 Å². The number of aromatic nitrogens is 1. The van der Waals surface area contributed by atoms with Crippen molar-refractivity contribution in [2.24, 2.45) is 0 Å². The van der Waals surface area contributed by atoms with Gasteiger partial charge in [-0.25, -0.2) is 4.98 Å². The zero-order chi connectivity index (χ0) is 21.1. The summed E-state index contributed by atoms with van der Waals surface area (Å²) in [6, 6.07) is 8.48. The summed E-state index contributed by atoms with van der Waals surface area (Å²) in [7, 11) is 1.42. The topological polar surface area (TPSA) is 107 Å². The molecule has 10 heteroatoms. The summed E-state index contributed by atoms with van der Waals surface area (Å²) in [4.78, 5) is 42.6. The van der Waals surface area contributed by atoms with E-state index in [1.165, 1.54) is 13.3 Å². The molecule has 0 radical (unpaired) electrons. The number of fused-ring (bicyclic) bond motifs is 1. The average molecular weight is 427 g/mol. The van der Waals surface area contributed by atoms with Gasteiger partial charge >= 0.3 is 0 Å². The van der Waals surface area contributed by atoms with E-state index in [0.29, 0.717) is 16.4 Å². The molecule has 3 amide bonds. The van der Waals surface area contributed by atoms with Gasteiger partial charge in [-0.3, -0.25) is 19.3 Å². The van der Waals surface area contributed by atoms with Crippen molar-refractivity contribution in [3.05, 3.63) is 52.6 Å². The van der Waals surface area contributed by atoms with Gasteiger partial charge in [0.15, 0.2) is 11.5 Å². The third-order valence-corrected chi connectivity index (χ3v) is 5.31. The molecule has 2 aliphatic heterocycles. The van der Waals surface area contributed by atoms with Crippen molar-refractivity contribution in [2.45, 2.75) is 0 Å². The highest BCUT2D eigenvalue weighted by Gasteiger charge is 2.34. The van der Waals surface area contributed by atoms with Crippen LogP contribution in [0.5, 0.6) is 17.4 Å². The van der Waals surface area contributed by atoms with Crippen LogP contribution in [0.25, 0.3) is 6.08 Å². The smallest absolute Gasteiger partial charge is 0.293 e. The highest BCUT2D eigenvalue weighted by molar-refractivity contribution is 8.18. The van der Waals surface area contributed by atoms with Gasteiger partial charge in [-0.1, -0.05) is 6.07 Å². The van der Waals surface area contributed by atoms with Gasteiger partial charge in [-0.15, -0.1) is 0 Å². The monoisotopic (exact) mass is 427 g/mol. The van der Waals surface area contributed by atoms with Gasteiger partial charge in [-0.05, 0) is 47.7 Å². The lowest BCUT2D eigenvalue weighted by molar-refractivity contribution is -0.122. The summed E-state index contributed by atoms with van der Waals surface area (Å²) in [5.74, 6) is 0.629. The van der Waals surface area contributed by atoms with Gasteiger partial charge < -0.3 is 19.5 Å². The number of thioether (sulfide) groups is 1. The molecule has 30 heavy (non-hydrogen) atoms. The summed E-state index contributed by atoms with van der Waals surface area (Å²) in [5.41, 5.74) is 0.999. The molecular weight excluding hydrogens is 410 g/mol. The Morgan fingerprint density at radius 2 is 2.13 bits per heavy atom. The Morgan fingerprint density at radius 1 is 1.30 bits per heavy atom. The van der Waals surface area contributed by atoms with Gasteiger partial charge in [0.05, 0.1) is 12.0 Å². The van der Waals surface area contributed by atoms with Crippen LogP contribution in [0.4, 0.5) is 4.79 Å². The number of hydrogen-bond donors (Lipinski definition) is 1. The Morgan fingerprint density at radius 3 is 2.97 bits per heavy atom. The van der Waals surface area contributed by atoms with Crippen LogP contribution in [-0.2, 0) is 4.79 Å². The number of nitrogens with one attached hydrogen (secondary N) is 1. The van der Waals surface area contributed by atoms with E-state index in [0.717, 1.165) is 22.2 Å². The Bertz CT molecular complexity index is 1050. The molecule has 0 spiro atoms. The lowest BCUT2D eigenvalue weighted by Crippen LogP contribution is -2.37. The lowest BCUT2D eigenvalue weighted by Gasteiger charge is -2.13. The number of pyridine rings is 1. The quantitative estimate of drug-likeness (QED) is 0.700. The number of hydrogen-bond acceptors (Lipinski definition) is 8. The predicted molar refractivity (Wildman–Crippen MR) is 108 cm³/mol. The minimum atomic E-state index is -0.407. The van der Waals surface area contributed by atoms with Crippen molar-refractivity contribution in [1.29, 1.82) is 0 Å². The van der Waals surface area contributed by atoms with Crippen LogP contribution in [0, 0.1) is 0 Å². The zero-order valence-corrected chi connectivity index (χ0v) is 16.7. The third kappa shape index (κ3) is 3.94. The molecule has 154 valence electrons. The number of amides is 3. The minimum absolute atomic E-state index is 0.0530. The molecule has 0 unspecified atom stereocenters. The fraction of sp³-hybridized carbons (Fsp3) is 0.200. The van der Waals surface area contributed by atoms with Gasteiger partial charge in [0.25, 0.3) is 17.1 Å². The normalized spacial score (nSPS) is 16.3. The van der Waals surface area contributed by atoms with E-state index in [9.17, 15) is 14.4 Å². The van der Waals surface area contributed by atoms with E-state index >= 15 is 0 Å².